The molecule has 0 aliphatic rings. The molecule has 1 aromatic rings. The average molecular weight is 220 g/mol. The predicted octanol–water partition coefficient (Wildman–Crippen LogP) is 2.02. The van der Waals surface area contributed by atoms with Crippen LogP contribution in [0, 0.1) is 11.6 Å². The molecule has 76 valence electrons. The van der Waals surface area contributed by atoms with Crippen LogP contribution in [0.1, 0.15) is 10.4 Å². The Kier molecular flexibility index (Phi) is 3.55. The maximum atomic E-state index is 13.2. The average Bonchev–Trinajstić information content (AvgIpc) is 2.15. The number of hydrogen-bond donors (Lipinski definition) is 1. The Balaban J connectivity index is 3.11. The van der Waals surface area contributed by atoms with Gasteiger partial charge in [0, 0.05) is 0 Å². The predicted molar refractivity (Wildman–Crippen MR) is 49.6 cm³/mol. The molecule has 0 fully saturated rings. The summed E-state index contributed by atoms with van der Waals surface area (Å²) >= 11 is 5.30. The highest BCUT2D eigenvalue weighted by atomic mass is 35.5. The van der Waals surface area contributed by atoms with Gasteiger partial charge >= 0.3 is 0 Å². The van der Waals surface area contributed by atoms with Crippen molar-refractivity contribution in [3.8, 4) is 0 Å². The highest BCUT2D eigenvalue weighted by Crippen LogP contribution is 2.21. The van der Waals surface area contributed by atoms with Crippen LogP contribution in [0.3, 0.4) is 0 Å². The van der Waals surface area contributed by atoms with Crippen LogP contribution in [-0.4, -0.2) is 19.4 Å². The van der Waals surface area contributed by atoms with Crippen molar-refractivity contribution in [3.63, 3.8) is 0 Å². The van der Waals surface area contributed by atoms with Gasteiger partial charge in [0.15, 0.2) is 11.6 Å². The molecule has 1 rings (SSSR count). The van der Waals surface area contributed by atoms with Gasteiger partial charge in [-0.2, -0.15) is 0 Å². The van der Waals surface area contributed by atoms with Crippen LogP contribution in [0.15, 0.2) is 12.1 Å². The largest absolute Gasteiger partial charge is 0.313 e. The molecule has 0 bridgehead atoms. The molecule has 5 heteroatoms. The van der Waals surface area contributed by atoms with Crippen molar-refractivity contribution in [2.45, 2.75) is 0 Å². The Hall–Kier alpha value is -1.000. The maximum absolute atomic E-state index is 13.2. The molecule has 0 spiro atoms. The van der Waals surface area contributed by atoms with E-state index in [1.165, 1.54) is 0 Å². The van der Waals surface area contributed by atoms with Crippen LogP contribution < -0.4 is 5.32 Å². The second kappa shape index (κ2) is 4.48. The summed E-state index contributed by atoms with van der Waals surface area (Å²) in [6.45, 7) is -0.0150. The van der Waals surface area contributed by atoms with Crippen molar-refractivity contribution in [2.75, 3.05) is 13.6 Å². The lowest BCUT2D eigenvalue weighted by Crippen LogP contribution is -2.19. The van der Waals surface area contributed by atoms with Crippen LogP contribution in [0.5, 0.6) is 0 Å². The summed E-state index contributed by atoms with van der Waals surface area (Å²) in [6.07, 6.45) is 0. The number of halogens is 3. The van der Waals surface area contributed by atoms with E-state index in [1.807, 2.05) is 0 Å². The van der Waals surface area contributed by atoms with E-state index in [1.54, 1.807) is 7.05 Å². The van der Waals surface area contributed by atoms with Crippen LogP contribution in [0.4, 0.5) is 8.78 Å². The quantitative estimate of drug-likeness (QED) is 0.623. The third-order valence-corrected chi connectivity index (χ3v) is 2.02. The van der Waals surface area contributed by atoms with Crippen LogP contribution >= 0.6 is 11.6 Å². The second-order valence-corrected chi connectivity index (χ2v) is 3.05. The minimum absolute atomic E-state index is 0.0150. The summed E-state index contributed by atoms with van der Waals surface area (Å²) in [7, 11) is 1.56. The van der Waals surface area contributed by atoms with E-state index in [2.05, 4.69) is 5.32 Å². The SMILES string of the molecule is CNCC(=O)c1ccc(F)c(Cl)c1F. The lowest BCUT2D eigenvalue weighted by molar-refractivity contribution is 0.0989. The van der Waals surface area contributed by atoms with Crippen molar-refractivity contribution in [1.82, 2.24) is 5.32 Å². The number of Topliss-reactive ketones (excluding diaryl/α,β-unsaturated/α-hetero) is 1. The number of ketones is 1. The second-order valence-electron chi connectivity index (χ2n) is 2.68. The monoisotopic (exact) mass is 219 g/mol. The minimum atomic E-state index is -1.01. The zero-order chi connectivity index (χ0) is 10.7. The first-order chi connectivity index (χ1) is 6.57. The number of likely N-dealkylation sites (N-methyl/N-ethyl adjacent to an activating group) is 1. The van der Waals surface area contributed by atoms with E-state index in [0.717, 1.165) is 12.1 Å². The number of carbonyl (C=O) groups excluding carboxylic acids is 1. The van der Waals surface area contributed by atoms with E-state index >= 15 is 0 Å². The molecular weight excluding hydrogens is 212 g/mol. The van der Waals surface area contributed by atoms with E-state index in [4.69, 9.17) is 11.6 Å². The Morgan fingerprint density at radius 3 is 2.71 bits per heavy atom. The highest BCUT2D eigenvalue weighted by Gasteiger charge is 2.16. The van der Waals surface area contributed by atoms with Gasteiger partial charge in [-0.3, -0.25) is 4.79 Å². The van der Waals surface area contributed by atoms with Gasteiger partial charge in [-0.25, -0.2) is 8.78 Å². The normalized spacial score (nSPS) is 10.3. The Morgan fingerprint density at radius 1 is 1.50 bits per heavy atom. The molecule has 0 amide bonds. The molecule has 14 heavy (non-hydrogen) atoms. The van der Waals surface area contributed by atoms with E-state index < -0.39 is 22.4 Å². The fourth-order valence-corrected chi connectivity index (χ4v) is 1.16. The summed E-state index contributed by atoms with van der Waals surface area (Å²) in [4.78, 5) is 11.2. The van der Waals surface area contributed by atoms with Gasteiger partial charge in [0.05, 0.1) is 12.1 Å². The van der Waals surface area contributed by atoms with Gasteiger partial charge in [-0.1, -0.05) is 11.6 Å². The lowest BCUT2D eigenvalue weighted by atomic mass is 10.1. The first kappa shape index (κ1) is 11.1. The molecule has 0 aromatic heterocycles. The van der Waals surface area contributed by atoms with Crippen LogP contribution in [0.2, 0.25) is 5.02 Å². The van der Waals surface area contributed by atoms with Gasteiger partial charge in [0.1, 0.15) is 10.8 Å². The molecule has 1 N–H and O–H groups in total. The summed E-state index contributed by atoms with van der Waals surface area (Å²) in [5.74, 6) is -2.34. The topological polar surface area (TPSA) is 29.1 Å². The Bertz CT molecular complexity index is 368. The first-order valence-electron chi connectivity index (χ1n) is 3.89. The van der Waals surface area contributed by atoms with Gasteiger partial charge < -0.3 is 5.32 Å². The third kappa shape index (κ3) is 2.08. The molecule has 0 aliphatic carbocycles. The number of benzene rings is 1. The van der Waals surface area contributed by atoms with E-state index in [9.17, 15) is 13.6 Å². The summed E-state index contributed by atoms with van der Waals surface area (Å²) in [5, 5.41) is 1.93. The first-order valence-corrected chi connectivity index (χ1v) is 4.27. The van der Waals surface area contributed by atoms with Crippen molar-refractivity contribution in [3.05, 3.63) is 34.4 Å². The molecular formula is C9H8ClF2NO. The fraction of sp³-hybridized carbons (Fsp3) is 0.222. The Labute approximate surface area is 84.9 Å². The van der Waals surface area contributed by atoms with Crippen molar-refractivity contribution in [1.29, 1.82) is 0 Å². The number of rotatable bonds is 3. The molecule has 0 aliphatic heterocycles. The van der Waals surface area contributed by atoms with Crippen molar-refractivity contribution >= 4 is 17.4 Å². The molecule has 0 atom stereocenters. The lowest BCUT2D eigenvalue weighted by Gasteiger charge is -2.03. The van der Waals surface area contributed by atoms with E-state index in [-0.39, 0.29) is 12.1 Å². The molecule has 0 heterocycles. The molecule has 0 radical (unpaired) electrons. The third-order valence-electron chi connectivity index (χ3n) is 1.67. The smallest absolute Gasteiger partial charge is 0.179 e. The highest BCUT2D eigenvalue weighted by molar-refractivity contribution is 6.31. The van der Waals surface area contributed by atoms with Gasteiger partial charge in [-0.15, -0.1) is 0 Å². The Morgan fingerprint density at radius 2 is 2.14 bits per heavy atom. The standard InChI is InChI=1S/C9H8ClF2NO/c1-13-4-7(14)5-2-3-6(11)8(10)9(5)12/h2-3,13H,4H2,1H3. The molecule has 0 saturated carbocycles. The number of hydrogen-bond acceptors (Lipinski definition) is 2. The molecule has 0 saturated heterocycles. The van der Waals surface area contributed by atoms with Gasteiger partial charge in [-0.05, 0) is 19.2 Å². The zero-order valence-corrected chi connectivity index (χ0v) is 8.16. The zero-order valence-electron chi connectivity index (χ0n) is 7.40. The van der Waals surface area contributed by atoms with Crippen LogP contribution in [0.25, 0.3) is 0 Å². The van der Waals surface area contributed by atoms with Gasteiger partial charge in [0.25, 0.3) is 0 Å². The number of nitrogens with one attached hydrogen (secondary N) is 1. The van der Waals surface area contributed by atoms with Crippen molar-refractivity contribution in [2.24, 2.45) is 0 Å². The van der Waals surface area contributed by atoms with Crippen LogP contribution in [-0.2, 0) is 0 Å². The summed E-state index contributed by atoms with van der Waals surface area (Å²) in [5.41, 5.74) is -0.203. The summed E-state index contributed by atoms with van der Waals surface area (Å²) < 4.78 is 25.9. The van der Waals surface area contributed by atoms with E-state index in [0.29, 0.717) is 0 Å². The molecule has 1 aromatic carbocycles. The molecule has 0 unspecified atom stereocenters. The maximum Gasteiger partial charge on any atom is 0.179 e. The number of carbonyl (C=O) groups is 1. The summed E-state index contributed by atoms with van der Waals surface area (Å²) in [6, 6.07) is 2.05. The van der Waals surface area contributed by atoms with Crippen molar-refractivity contribution < 1.29 is 13.6 Å². The fourth-order valence-electron chi connectivity index (χ4n) is 0.997. The van der Waals surface area contributed by atoms with Gasteiger partial charge in [0.2, 0.25) is 0 Å². The molecule has 2 nitrogen and oxygen atoms in total. The minimum Gasteiger partial charge on any atom is -0.313 e.